The summed E-state index contributed by atoms with van der Waals surface area (Å²) in [5, 5.41) is 13.7. The molecular formula is C28H26Cl2N4O3. The predicted octanol–water partition coefficient (Wildman–Crippen LogP) is 4.50. The van der Waals surface area contributed by atoms with Crippen LogP contribution in [0.15, 0.2) is 71.7 Å². The highest BCUT2D eigenvalue weighted by atomic mass is 35.5. The number of aryl methyl sites for hydroxylation is 1. The Bertz CT molecular complexity index is 1530. The number of anilines is 1. The molecule has 3 heterocycles. The van der Waals surface area contributed by atoms with Gasteiger partial charge in [-0.2, -0.15) is 0 Å². The van der Waals surface area contributed by atoms with Crippen molar-refractivity contribution >= 4 is 45.7 Å². The van der Waals surface area contributed by atoms with Crippen molar-refractivity contribution in [1.29, 1.82) is 0 Å². The van der Waals surface area contributed by atoms with Crippen LogP contribution in [0.4, 0.5) is 5.69 Å². The minimum absolute atomic E-state index is 0.0818. The number of nitrogens with zero attached hydrogens (tertiary/aromatic N) is 3. The first-order valence-corrected chi connectivity index (χ1v) is 12.7. The number of rotatable bonds is 5. The summed E-state index contributed by atoms with van der Waals surface area (Å²) in [6.07, 6.45) is 2.32. The van der Waals surface area contributed by atoms with E-state index in [-0.39, 0.29) is 5.56 Å². The second-order valence-electron chi connectivity index (χ2n) is 9.45. The molecule has 1 saturated heterocycles. The number of pyridine rings is 2. The van der Waals surface area contributed by atoms with E-state index in [4.69, 9.17) is 28.9 Å². The van der Waals surface area contributed by atoms with Crippen LogP contribution in [0.25, 0.3) is 10.9 Å². The molecule has 0 bridgehead atoms. The van der Waals surface area contributed by atoms with Crippen molar-refractivity contribution in [2.24, 2.45) is 12.8 Å². The van der Waals surface area contributed by atoms with Crippen LogP contribution < -0.4 is 16.2 Å². The zero-order valence-electron chi connectivity index (χ0n) is 20.2. The molecule has 7 nitrogen and oxygen atoms in total. The lowest BCUT2D eigenvalue weighted by atomic mass is 9.74. The molecule has 1 aliphatic rings. The third kappa shape index (κ3) is 4.59. The van der Waals surface area contributed by atoms with Gasteiger partial charge in [-0.15, -0.1) is 0 Å². The third-order valence-corrected chi connectivity index (χ3v) is 7.70. The molecule has 5 rings (SSSR count). The van der Waals surface area contributed by atoms with E-state index >= 15 is 0 Å². The largest absolute Gasteiger partial charge is 0.389 e. The molecule has 3 N–H and O–H groups in total. The predicted molar refractivity (Wildman–Crippen MR) is 147 cm³/mol. The van der Waals surface area contributed by atoms with Crippen LogP contribution in [0, 0.1) is 0 Å². The molecular weight excluding hydrogens is 511 g/mol. The second kappa shape index (κ2) is 9.82. The molecule has 1 amide bonds. The number of hydrogen-bond acceptors (Lipinski definition) is 5. The quantitative estimate of drug-likeness (QED) is 0.391. The first kappa shape index (κ1) is 25.3. The normalized spacial score (nSPS) is 16.1. The number of primary amides is 1. The van der Waals surface area contributed by atoms with Gasteiger partial charge in [-0.25, -0.2) is 0 Å². The maximum absolute atomic E-state index is 13.1. The average molecular weight is 537 g/mol. The average Bonchev–Trinajstić information content (AvgIpc) is 2.88. The van der Waals surface area contributed by atoms with Gasteiger partial charge < -0.3 is 20.3 Å². The topological polar surface area (TPSA) is 101 Å². The van der Waals surface area contributed by atoms with Gasteiger partial charge in [0, 0.05) is 36.7 Å². The number of aromatic nitrogens is 2. The number of carbonyl (C=O) groups is 1. The highest BCUT2D eigenvalue weighted by molar-refractivity contribution is 6.31. The van der Waals surface area contributed by atoms with Crippen LogP contribution in [0.2, 0.25) is 10.0 Å². The number of fused-ring (bicyclic) bond motifs is 1. The van der Waals surface area contributed by atoms with Gasteiger partial charge in [0.2, 0.25) is 0 Å². The Kier molecular flexibility index (Phi) is 6.70. The van der Waals surface area contributed by atoms with Gasteiger partial charge in [-0.3, -0.25) is 14.6 Å². The van der Waals surface area contributed by atoms with Gasteiger partial charge in [0.05, 0.1) is 33.4 Å². The van der Waals surface area contributed by atoms with Gasteiger partial charge >= 0.3 is 0 Å². The molecule has 1 aliphatic heterocycles. The Morgan fingerprint density at radius 1 is 1.05 bits per heavy atom. The molecule has 0 unspecified atom stereocenters. The van der Waals surface area contributed by atoms with Crippen molar-refractivity contribution in [2.75, 3.05) is 18.0 Å². The lowest BCUT2D eigenvalue weighted by Crippen LogP contribution is -2.49. The number of piperidine rings is 1. The highest BCUT2D eigenvalue weighted by Gasteiger charge is 2.43. The van der Waals surface area contributed by atoms with Crippen molar-refractivity contribution in [3.63, 3.8) is 0 Å². The number of carbonyl (C=O) groups excluding carboxylic acids is 1. The van der Waals surface area contributed by atoms with Gasteiger partial charge in [0.15, 0.2) is 0 Å². The Hall–Kier alpha value is -3.39. The summed E-state index contributed by atoms with van der Waals surface area (Å²) in [6.45, 7) is 0.783. The van der Waals surface area contributed by atoms with Gasteiger partial charge in [-0.1, -0.05) is 53.5 Å². The van der Waals surface area contributed by atoms with Crippen molar-refractivity contribution in [3.05, 3.63) is 104 Å². The summed E-state index contributed by atoms with van der Waals surface area (Å²) in [5.74, 6) is -1.19. The fourth-order valence-electron chi connectivity index (χ4n) is 5.42. The lowest BCUT2D eigenvalue weighted by molar-refractivity contribution is -0.000531. The summed E-state index contributed by atoms with van der Waals surface area (Å²) in [6, 6.07) is 18.6. The zero-order valence-corrected chi connectivity index (χ0v) is 21.7. The summed E-state index contributed by atoms with van der Waals surface area (Å²) in [4.78, 5) is 32.1. The van der Waals surface area contributed by atoms with E-state index in [1.54, 1.807) is 37.5 Å². The zero-order chi connectivity index (χ0) is 26.3. The number of hydrogen-bond donors (Lipinski definition) is 2. The molecule has 0 aliphatic carbocycles. The fraction of sp³-hybridized carbons (Fsp3) is 0.250. The van der Waals surface area contributed by atoms with Gasteiger partial charge in [0.1, 0.15) is 5.56 Å². The van der Waals surface area contributed by atoms with Crippen LogP contribution in [0.1, 0.15) is 40.4 Å². The second-order valence-corrected chi connectivity index (χ2v) is 10.3. The van der Waals surface area contributed by atoms with E-state index in [0.717, 1.165) is 11.3 Å². The minimum Gasteiger partial charge on any atom is -0.389 e. The van der Waals surface area contributed by atoms with E-state index in [1.807, 2.05) is 41.3 Å². The van der Waals surface area contributed by atoms with E-state index in [2.05, 4.69) is 4.98 Å². The van der Waals surface area contributed by atoms with Crippen LogP contribution in [-0.4, -0.2) is 39.3 Å². The lowest BCUT2D eigenvalue weighted by Gasteiger charge is -2.44. The Balaban J connectivity index is 1.57. The van der Waals surface area contributed by atoms with E-state index in [0.29, 0.717) is 52.6 Å². The molecule has 1 fully saturated rings. The van der Waals surface area contributed by atoms with Crippen molar-refractivity contribution in [2.45, 2.75) is 24.4 Å². The SMILES string of the molecule is Cn1c(=O)c(C(N)=O)c(N2CCC(O)([C@@H](c3ccccc3)c3ccc(Cl)cn3)CC2)c2cc(Cl)ccc21. The molecule has 37 heavy (non-hydrogen) atoms. The first-order chi connectivity index (χ1) is 17.7. The molecule has 0 radical (unpaired) electrons. The number of nitrogens with two attached hydrogens (primary N) is 1. The molecule has 1 atom stereocenters. The molecule has 0 saturated carbocycles. The number of amides is 1. The molecule has 9 heteroatoms. The van der Waals surface area contributed by atoms with Crippen LogP contribution in [0.5, 0.6) is 0 Å². The molecule has 2 aromatic carbocycles. The monoisotopic (exact) mass is 536 g/mol. The van der Waals surface area contributed by atoms with E-state index < -0.39 is 23.0 Å². The molecule has 190 valence electrons. The van der Waals surface area contributed by atoms with Crippen molar-refractivity contribution in [3.8, 4) is 0 Å². The standard InChI is InChI=1S/C28H26Cl2N4O3/c1-33-22-10-8-18(29)15-20(22)25(23(26(31)35)27(33)36)34-13-11-28(37,12-14-34)24(17-5-3-2-4-6-17)21-9-7-19(30)16-32-21/h2-10,15-16,24,37H,11-14H2,1H3,(H2,31,35)/t24-/m0/s1. The number of halogens is 2. The molecule has 4 aromatic rings. The summed E-state index contributed by atoms with van der Waals surface area (Å²) < 4.78 is 1.41. The van der Waals surface area contributed by atoms with Gasteiger partial charge in [0.25, 0.3) is 11.5 Å². The van der Waals surface area contributed by atoms with E-state index in [9.17, 15) is 14.7 Å². The van der Waals surface area contributed by atoms with Crippen LogP contribution >= 0.6 is 23.2 Å². The van der Waals surface area contributed by atoms with E-state index in [1.165, 1.54) is 4.57 Å². The maximum Gasteiger partial charge on any atom is 0.265 e. The Morgan fingerprint density at radius 2 is 1.73 bits per heavy atom. The van der Waals surface area contributed by atoms with Crippen molar-refractivity contribution in [1.82, 2.24) is 9.55 Å². The Morgan fingerprint density at radius 3 is 2.35 bits per heavy atom. The molecule has 2 aromatic heterocycles. The maximum atomic E-state index is 13.1. The van der Waals surface area contributed by atoms with Crippen molar-refractivity contribution < 1.29 is 9.90 Å². The van der Waals surface area contributed by atoms with Gasteiger partial charge in [-0.05, 0) is 48.7 Å². The smallest absolute Gasteiger partial charge is 0.265 e. The number of benzene rings is 2. The summed E-state index contributed by atoms with van der Waals surface area (Å²) >= 11 is 12.4. The Labute approximate surface area is 224 Å². The highest BCUT2D eigenvalue weighted by Crippen LogP contribution is 2.43. The van der Waals surface area contributed by atoms with Crippen LogP contribution in [0.3, 0.4) is 0 Å². The summed E-state index contributed by atoms with van der Waals surface area (Å²) in [7, 11) is 1.60. The number of aliphatic hydroxyl groups is 1. The van der Waals surface area contributed by atoms with Crippen LogP contribution in [-0.2, 0) is 7.05 Å². The first-order valence-electron chi connectivity index (χ1n) is 12.0. The minimum atomic E-state index is -1.13. The third-order valence-electron chi connectivity index (χ3n) is 7.24. The fourth-order valence-corrected chi connectivity index (χ4v) is 5.70. The molecule has 0 spiro atoms. The summed E-state index contributed by atoms with van der Waals surface area (Å²) in [5.41, 5.74) is 6.79.